The van der Waals surface area contributed by atoms with Gasteiger partial charge in [-0.15, -0.1) is 0 Å². The van der Waals surface area contributed by atoms with E-state index in [0.29, 0.717) is 17.3 Å². The fourth-order valence-corrected chi connectivity index (χ4v) is 2.12. The first-order chi connectivity index (χ1) is 10.0. The number of anilines is 1. The summed E-state index contributed by atoms with van der Waals surface area (Å²) in [5, 5.41) is 15.8. The number of benzene rings is 1. The van der Waals surface area contributed by atoms with E-state index in [-0.39, 0.29) is 12.3 Å². The van der Waals surface area contributed by atoms with E-state index in [1.807, 2.05) is 0 Å². The van der Waals surface area contributed by atoms with Crippen LogP contribution < -0.4 is 15.7 Å². The van der Waals surface area contributed by atoms with Gasteiger partial charge in [0.25, 0.3) is 0 Å². The first-order valence-electron chi connectivity index (χ1n) is 7.13. The molecule has 0 saturated carbocycles. The molecule has 6 heteroatoms. The number of para-hydroxylation sites is 1. The number of amides is 1. The van der Waals surface area contributed by atoms with Crippen LogP contribution in [0.2, 0.25) is 5.02 Å². The minimum Gasteiger partial charge on any atom is -0.544 e. The van der Waals surface area contributed by atoms with Crippen molar-refractivity contribution in [2.45, 2.75) is 38.6 Å². The van der Waals surface area contributed by atoms with Gasteiger partial charge in [-0.3, -0.25) is 4.79 Å². The Bertz CT molecular complexity index is 480. The lowest BCUT2D eigenvalue weighted by Gasteiger charge is -2.16. The molecule has 0 aliphatic rings. The van der Waals surface area contributed by atoms with E-state index in [4.69, 9.17) is 11.6 Å². The molecule has 1 aromatic rings. The molecule has 0 saturated heterocycles. The molecule has 0 spiro atoms. The summed E-state index contributed by atoms with van der Waals surface area (Å²) in [7, 11) is 0. The minimum absolute atomic E-state index is 0.139. The topological polar surface area (TPSA) is 85.8 Å². The zero-order valence-electron chi connectivity index (χ0n) is 12.1. The summed E-state index contributed by atoms with van der Waals surface area (Å²) in [6.07, 6.45) is 2.89. The van der Waals surface area contributed by atoms with E-state index in [1.165, 1.54) is 0 Å². The fourth-order valence-electron chi connectivity index (χ4n) is 1.94. The molecule has 0 fully saturated rings. The second-order valence-electron chi connectivity index (χ2n) is 4.89. The molecule has 0 aliphatic heterocycles. The second-order valence-corrected chi connectivity index (χ2v) is 5.30. The average Bonchev–Trinajstić information content (AvgIpc) is 2.44. The summed E-state index contributed by atoms with van der Waals surface area (Å²) >= 11 is 5.93. The Hall–Kier alpha value is -1.59. The molecule has 1 rings (SSSR count). The van der Waals surface area contributed by atoms with Gasteiger partial charge in [0, 0.05) is 0 Å². The van der Waals surface area contributed by atoms with Gasteiger partial charge >= 0.3 is 0 Å². The predicted octanol–water partition coefficient (Wildman–Crippen LogP) is 0.541. The molecular formula is C15H21ClN2O3. The van der Waals surface area contributed by atoms with Crippen molar-refractivity contribution >= 4 is 29.2 Å². The molecule has 0 aromatic heterocycles. The number of hydrogen-bond acceptors (Lipinski definition) is 3. The number of quaternary nitrogens is 1. The monoisotopic (exact) mass is 312 g/mol. The molecule has 1 aromatic carbocycles. The summed E-state index contributed by atoms with van der Waals surface area (Å²) in [6.45, 7) is 2.75. The smallest absolute Gasteiger partial charge is 0.230 e. The van der Waals surface area contributed by atoms with Gasteiger partial charge < -0.3 is 20.5 Å². The van der Waals surface area contributed by atoms with E-state index in [2.05, 4.69) is 12.2 Å². The zero-order valence-corrected chi connectivity index (χ0v) is 12.9. The highest BCUT2D eigenvalue weighted by Crippen LogP contribution is 2.20. The third kappa shape index (κ3) is 6.60. The average molecular weight is 313 g/mol. The Morgan fingerprint density at radius 1 is 1.33 bits per heavy atom. The van der Waals surface area contributed by atoms with Crippen molar-refractivity contribution < 1.29 is 20.0 Å². The highest BCUT2D eigenvalue weighted by atomic mass is 35.5. The quantitative estimate of drug-likeness (QED) is 0.653. The van der Waals surface area contributed by atoms with Gasteiger partial charge in [-0.25, -0.2) is 0 Å². The Morgan fingerprint density at radius 2 is 2.05 bits per heavy atom. The zero-order chi connectivity index (χ0) is 15.7. The van der Waals surface area contributed by atoms with Gasteiger partial charge in [0.15, 0.2) is 0 Å². The number of carbonyl (C=O) groups is 2. The summed E-state index contributed by atoms with van der Waals surface area (Å²) < 4.78 is 0. The maximum Gasteiger partial charge on any atom is 0.230 e. The molecule has 21 heavy (non-hydrogen) atoms. The molecule has 0 unspecified atom stereocenters. The van der Waals surface area contributed by atoms with Gasteiger partial charge in [0.1, 0.15) is 6.04 Å². The molecule has 0 heterocycles. The highest BCUT2D eigenvalue weighted by Gasteiger charge is 2.18. The Balaban J connectivity index is 2.49. The summed E-state index contributed by atoms with van der Waals surface area (Å²) in [4.78, 5) is 23.0. The lowest BCUT2D eigenvalue weighted by molar-refractivity contribution is -0.682. The number of carbonyl (C=O) groups excluding carboxylic acids is 2. The van der Waals surface area contributed by atoms with Crippen molar-refractivity contribution in [1.29, 1.82) is 0 Å². The second kappa shape index (κ2) is 9.37. The van der Waals surface area contributed by atoms with Crippen molar-refractivity contribution in [3.05, 3.63) is 29.3 Å². The summed E-state index contributed by atoms with van der Waals surface area (Å²) in [5.74, 6) is -1.61. The molecule has 1 atom stereocenters. The first kappa shape index (κ1) is 17.5. The molecule has 0 bridgehead atoms. The summed E-state index contributed by atoms with van der Waals surface area (Å²) in [6, 6.07) is 5.95. The number of rotatable bonds is 9. The Labute approximate surface area is 129 Å². The van der Waals surface area contributed by atoms with E-state index < -0.39 is 12.0 Å². The molecule has 5 nitrogen and oxygen atoms in total. The number of aliphatic carboxylic acids is 1. The van der Waals surface area contributed by atoms with Crippen LogP contribution in [0.15, 0.2) is 24.3 Å². The standard InChI is InChI=1S/C15H21ClN2O3/c1-2-3-6-9-17-13(15(20)21)10-14(19)18-12-8-5-4-7-11(12)16/h4-5,7-8,13,17H,2-3,6,9-10H2,1H3,(H,18,19)(H,20,21)/t13-/m1/s1. The third-order valence-electron chi connectivity index (χ3n) is 3.11. The van der Waals surface area contributed by atoms with Crippen LogP contribution in [0.5, 0.6) is 0 Å². The maximum atomic E-state index is 11.9. The van der Waals surface area contributed by atoms with Gasteiger partial charge in [-0.1, -0.05) is 37.1 Å². The van der Waals surface area contributed by atoms with Crippen molar-refractivity contribution in [2.75, 3.05) is 11.9 Å². The van der Waals surface area contributed by atoms with Crippen LogP contribution in [0.25, 0.3) is 0 Å². The molecule has 3 N–H and O–H groups in total. The lowest BCUT2D eigenvalue weighted by atomic mass is 10.1. The van der Waals surface area contributed by atoms with E-state index in [1.54, 1.807) is 29.6 Å². The number of nitrogens with two attached hydrogens (primary N) is 1. The lowest BCUT2D eigenvalue weighted by Crippen LogP contribution is -2.93. The van der Waals surface area contributed by atoms with Crippen molar-refractivity contribution in [2.24, 2.45) is 0 Å². The molecular weight excluding hydrogens is 292 g/mol. The summed E-state index contributed by atoms with van der Waals surface area (Å²) in [5.41, 5.74) is 0.479. The molecule has 0 radical (unpaired) electrons. The number of hydrogen-bond donors (Lipinski definition) is 2. The molecule has 116 valence electrons. The number of carboxylic acid groups (broad SMARTS) is 1. The van der Waals surface area contributed by atoms with Crippen LogP contribution in [0.4, 0.5) is 5.69 Å². The molecule has 0 aliphatic carbocycles. The number of carboxylic acids is 1. The van der Waals surface area contributed by atoms with E-state index in [0.717, 1.165) is 19.3 Å². The number of nitrogens with one attached hydrogen (secondary N) is 1. The SMILES string of the molecule is CCCCC[NH2+][C@H](CC(=O)Nc1ccccc1Cl)C(=O)[O-]. The van der Waals surface area contributed by atoms with Crippen LogP contribution in [0.1, 0.15) is 32.6 Å². The van der Waals surface area contributed by atoms with Crippen molar-refractivity contribution in [3.63, 3.8) is 0 Å². The minimum atomic E-state index is -1.22. The number of halogens is 1. The largest absolute Gasteiger partial charge is 0.544 e. The maximum absolute atomic E-state index is 11.9. The van der Waals surface area contributed by atoms with Crippen LogP contribution in [-0.2, 0) is 9.59 Å². The normalized spacial score (nSPS) is 11.9. The van der Waals surface area contributed by atoms with E-state index in [9.17, 15) is 14.7 Å². The van der Waals surface area contributed by atoms with E-state index >= 15 is 0 Å². The predicted molar refractivity (Wildman–Crippen MR) is 79.8 cm³/mol. The van der Waals surface area contributed by atoms with Crippen LogP contribution in [-0.4, -0.2) is 24.5 Å². The van der Waals surface area contributed by atoms with Crippen molar-refractivity contribution in [1.82, 2.24) is 0 Å². The third-order valence-corrected chi connectivity index (χ3v) is 3.44. The van der Waals surface area contributed by atoms with Crippen LogP contribution >= 0.6 is 11.6 Å². The van der Waals surface area contributed by atoms with Crippen LogP contribution in [0, 0.1) is 0 Å². The Kier molecular flexibility index (Phi) is 7.79. The fraction of sp³-hybridized carbons (Fsp3) is 0.467. The van der Waals surface area contributed by atoms with Gasteiger partial charge in [0.05, 0.1) is 29.6 Å². The highest BCUT2D eigenvalue weighted by molar-refractivity contribution is 6.33. The van der Waals surface area contributed by atoms with Crippen LogP contribution in [0.3, 0.4) is 0 Å². The van der Waals surface area contributed by atoms with Crippen molar-refractivity contribution in [3.8, 4) is 0 Å². The Morgan fingerprint density at radius 3 is 2.67 bits per heavy atom. The molecule has 1 amide bonds. The van der Waals surface area contributed by atoms with Gasteiger partial charge in [0.2, 0.25) is 5.91 Å². The van der Waals surface area contributed by atoms with Gasteiger partial charge in [-0.2, -0.15) is 0 Å². The number of unbranched alkanes of at least 4 members (excludes halogenated alkanes) is 2. The first-order valence-corrected chi connectivity index (χ1v) is 7.51. The van der Waals surface area contributed by atoms with Gasteiger partial charge in [-0.05, 0) is 25.0 Å².